The molecule has 4 heteroatoms. The highest BCUT2D eigenvalue weighted by atomic mass is 19.1. The van der Waals surface area contributed by atoms with Gasteiger partial charge >= 0.3 is 0 Å². The van der Waals surface area contributed by atoms with E-state index in [4.69, 9.17) is 0 Å². The fourth-order valence-corrected chi connectivity index (χ4v) is 2.25. The van der Waals surface area contributed by atoms with E-state index in [0.717, 1.165) is 27.7 Å². The third-order valence-corrected chi connectivity index (χ3v) is 3.02. The number of hydrogen-bond donors (Lipinski definition) is 1. The number of nitrogens with zero attached hydrogens (tertiary/aromatic N) is 2. The van der Waals surface area contributed by atoms with E-state index in [1.54, 1.807) is 10.5 Å². The topological polar surface area (TPSA) is 33.1 Å². The number of imidazole rings is 1. The molecule has 1 N–H and O–H groups in total. The van der Waals surface area contributed by atoms with Gasteiger partial charge in [0, 0.05) is 17.1 Å². The average molecular weight is 225 g/mol. The molecule has 4 aromatic rings. The number of benzene rings is 1. The summed E-state index contributed by atoms with van der Waals surface area (Å²) in [5, 5.41) is 1.06. The van der Waals surface area contributed by atoms with Crippen LogP contribution in [0.2, 0.25) is 0 Å². The van der Waals surface area contributed by atoms with Gasteiger partial charge < -0.3 is 4.98 Å². The molecular formula is C13H8FN3. The molecule has 0 unspecified atom stereocenters. The second-order valence-corrected chi connectivity index (χ2v) is 4.06. The largest absolute Gasteiger partial charge is 0.339 e. The Morgan fingerprint density at radius 1 is 1.12 bits per heavy atom. The van der Waals surface area contributed by atoms with Crippen molar-refractivity contribution in [3.8, 4) is 0 Å². The number of halogens is 1. The van der Waals surface area contributed by atoms with Crippen LogP contribution in [0.25, 0.3) is 27.7 Å². The summed E-state index contributed by atoms with van der Waals surface area (Å²) >= 11 is 0. The summed E-state index contributed by atoms with van der Waals surface area (Å²) < 4.78 is 15.0. The van der Waals surface area contributed by atoms with E-state index >= 15 is 0 Å². The predicted octanol–water partition coefficient (Wildman–Crippen LogP) is 3.11. The van der Waals surface area contributed by atoms with E-state index in [1.807, 2.05) is 24.3 Å². The number of para-hydroxylation sites is 1. The smallest absolute Gasteiger partial charge is 0.143 e. The summed E-state index contributed by atoms with van der Waals surface area (Å²) in [6.45, 7) is 0. The molecule has 0 bridgehead atoms. The highest BCUT2D eigenvalue weighted by Crippen LogP contribution is 2.25. The molecule has 1 aromatic carbocycles. The lowest BCUT2D eigenvalue weighted by Crippen LogP contribution is -1.86. The highest BCUT2D eigenvalue weighted by Gasteiger charge is 2.10. The maximum absolute atomic E-state index is 13.2. The lowest BCUT2D eigenvalue weighted by Gasteiger charge is -1.93. The number of fused-ring (bicyclic) bond motifs is 5. The van der Waals surface area contributed by atoms with Gasteiger partial charge in [-0.3, -0.25) is 4.40 Å². The van der Waals surface area contributed by atoms with E-state index < -0.39 is 0 Å². The molecule has 0 aliphatic heterocycles. The maximum atomic E-state index is 13.2. The number of pyridine rings is 1. The standard InChI is InChI=1S/C13H8FN3/c14-8-5-6-11-16-12-9-3-1-2-4-10(9)15-13(12)17(11)7-8/h1-7,15H. The molecule has 3 aromatic heterocycles. The van der Waals surface area contributed by atoms with Gasteiger partial charge in [-0.15, -0.1) is 0 Å². The fraction of sp³-hybridized carbons (Fsp3) is 0. The van der Waals surface area contributed by atoms with Crippen LogP contribution < -0.4 is 0 Å². The molecule has 0 saturated carbocycles. The molecule has 0 aliphatic carbocycles. The zero-order chi connectivity index (χ0) is 11.4. The Morgan fingerprint density at radius 3 is 2.94 bits per heavy atom. The van der Waals surface area contributed by atoms with Crippen molar-refractivity contribution in [2.45, 2.75) is 0 Å². The number of rotatable bonds is 0. The minimum Gasteiger partial charge on any atom is -0.339 e. The number of aromatic nitrogens is 3. The number of aromatic amines is 1. The zero-order valence-electron chi connectivity index (χ0n) is 8.81. The van der Waals surface area contributed by atoms with Crippen LogP contribution >= 0.6 is 0 Å². The molecule has 0 radical (unpaired) electrons. The first kappa shape index (κ1) is 8.75. The quantitative estimate of drug-likeness (QED) is 0.490. The number of H-pyrrole nitrogens is 1. The van der Waals surface area contributed by atoms with E-state index in [0.29, 0.717) is 0 Å². The minimum atomic E-state index is -0.268. The van der Waals surface area contributed by atoms with Crippen molar-refractivity contribution in [1.29, 1.82) is 0 Å². The average Bonchev–Trinajstić information content (AvgIpc) is 2.85. The van der Waals surface area contributed by atoms with Gasteiger partial charge in [0.15, 0.2) is 0 Å². The lowest BCUT2D eigenvalue weighted by molar-refractivity contribution is 0.620. The SMILES string of the molecule is Fc1ccc2nc3c4ccccc4[nH]c3n2c1. The second kappa shape index (κ2) is 2.85. The van der Waals surface area contributed by atoms with Crippen LogP contribution in [-0.4, -0.2) is 14.4 Å². The van der Waals surface area contributed by atoms with Crippen molar-refractivity contribution < 1.29 is 4.39 Å². The van der Waals surface area contributed by atoms with Crippen molar-refractivity contribution in [3.05, 3.63) is 48.4 Å². The molecule has 0 fully saturated rings. The predicted molar refractivity (Wildman–Crippen MR) is 64.5 cm³/mol. The van der Waals surface area contributed by atoms with E-state index in [2.05, 4.69) is 9.97 Å². The van der Waals surface area contributed by atoms with Crippen LogP contribution in [0, 0.1) is 5.82 Å². The first-order valence-corrected chi connectivity index (χ1v) is 5.37. The maximum Gasteiger partial charge on any atom is 0.143 e. The Labute approximate surface area is 95.5 Å². The van der Waals surface area contributed by atoms with Crippen molar-refractivity contribution >= 4 is 27.7 Å². The van der Waals surface area contributed by atoms with Crippen molar-refractivity contribution in [3.63, 3.8) is 0 Å². The van der Waals surface area contributed by atoms with Gasteiger partial charge in [0.1, 0.15) is 22.6 Å². The summed E-state index contributed by atoms with van der Waals surface area (Å²) in [6, 6.07) is 11.0. The Hall–Kier alpha value is -2.36. The van der Waals surface area contributed by atoms with Crippen molar-refractivity contribution in [2.24, 2.45) is 0 Å². The van der Waals surface area contributed by atoms with Crippen LogP contribution in [0.4, 0.5) is 4.39 Å². The Bertz CT molecular complexity index is 857. The summed E-state index contributed by atoms with van der Waals surface area (Å²) in [7, 11) is 0. The molecule has 17 heavy (non-hydrogen) atoms. The third kappa shape index (κ3) is 1.07. The summed E-state index contributed by atoms with van der Waals surface area (Å²) in [5.74, 6) is -0.268. The normalized spacial score (nSPS) is 11.8. The Morgan fingerprint density at radius 2 is 2.00 bits per heavy atom. The molecule has 4 rings (SSSR count). The highest BCUT2D eigenvalue weighted by molar-refractivity contribution is 6.05. The van der Waals surface area contributed by atoms with E-state index in [1.165, 1.54) is 12.3 Å². The van der Waals surface area contributed by atoms with E-state index in [9.17, 15) is 4.39 Å². The van der Waals surface area contributed by atoms with Gasteiger partial charge in [-0.2, -0.15) is 0 Å². The zero-order valence-corrected chi connectivity index (χ0v) is 8.81. The summed E-state index contributed by atoms with van der Waals surface area (Å²) in [5.41, 5.74) is 3.48. The van der Waals surface area contributed by atoms with Gasteiger partial charge in [0.25, 0.3) is 0 Å². The van der Waals surface area contributed by atoms with Gasteiger partial charge in [-0.25, -0.2) is 9.37 Å². The number of nitrogens with one attached hydrogen (secondary N) is 1. The lowest BCUT2D eigenvalue weighted by atomic mass is 10.2. The van der Waals surface area contributed by atoms with Crippen LogP contribution in [0.3, 0.4) is 0 Å². The molecule has 0 spiro atoms. The Balaban J connectivity index is 2.30. The Kier molecular flexibility index (Phi) is 1.47. The summed E-state index contributed by atoms with van der Waals surface area (Å²) in [6.07, 6.45) is 1.44. The second-order valence-electron chi connectivity index (χ2n) is 4.06. The number of hydrogen-bond acceptors (Lipinski definition) is 1. The van der Waals surface area contributed by atoms with Gasteiger partial charge in [0.2, 0.25) is 0 Å². The summed E-state index contributed by atoms with van der Waals surface area (Å²) in [4.78, 5) is 7.77. The molecule has 0 aliphatic rings. The molecule has 82 valence electrons. The first-order chi connectivity index (χ1) is 8.33. The van der Waals surface area contributed by atoms with Crippen LogP contribution in [0.15, 0.2) is 42.6 Å². The van der Waals surface area contributed by atoms with Gasteiger partial charge in [-0.1, -0.05) is 18.2 Å². The van der Waals surface area contributed by atoms with Gasteiger partial charge in [0.05, 0.1) is 0 Å². The molecular weight excluding hydrogens is 217 g/mol. The molecule has 3 heterocycles. The van der Waals surface area contributed by atoms with E-state index in [-0.39, 0.29) is 5.82 Å². The monoisotopic (exact) mass is 225 g/mol. The molecule has 3 nitrogen and oxygen atoms in total. The van der Waals surface area contributed by atoms with Gasteiger partial charge in [-0.05, 0) is 18.2 Å². The third-order valence-electron chi connectivity index (χ3n) is 3.02. The minimum absolute atomic E-state index is 0.268. The molecule has 0 atom stereocenters. The first-order valence-electron chi connectivity index (χ1n) is 5.37. The molecule has 0 saturated heterocycles. The van der Waals surface area contributed by atoms with Crippen LogP contribution in [0.5, 0.6) is 0 Å². The van der Waals surface area contributed by atoms with Crippen molar-refractivity contribution in [2.75, 3.05) is 0 Å². The van der Waals surface area contributed by atoms with Crippen molar-refractivity contribution in [1.82, 2.24) is 14.4 Å². The molecule has 0 amide bonds. The van der Waals surface area contributed by atoms with Crippen LogP contribution in [-0.2, 0) is 0 Å². The fourth-order valence-electron chi connectivity index (χ4n) is 2.25. The van der Waals surface area contributed by atoms with Crippen LogP contribution in [0.1, 0.15) is 0 Å².